The first-order valence-corrected chi connectivity index (χ1v) is 5.68. The summed E-state index contributed by atoms with van der Waals surface area (Å²) in [4.78, 5) is 11.4. The van der Waals surface area contributed by atoms with Crippen LogP contribution in [-0.4, -0.2) is 24.2 Å². The molecule has 0 radical (unpaired) electrons. The Hall–Kier alpha value is -0.870. The van der Waals surface area contributed by atoms with Crippen molar-refractivity contribution in [1.29, 1.82) is 0 Å². The topological polar surface area (TPSA) is 49.3 Å². The quantitative estimate of drug-likeness (QED) is 0.785. The normalized spacial score (nSPS) is 22.1. The van der Waals surface area contributed by atoms with Gasteiger partial charge in [-0.3, -0.25) is 0 Å². The van der Waals surface area contributed by atoms with Crippen molar-refractivity contribution in [2.24, 2.45) is 0 Å². The molecule has 0 saturated carbocycles. The molecule has 76 valence electrons. The van der Waals surface area contributed by atoms with Crippen molar-refractivity contribution >= 4 is 17.3 Å². The zero-order chi connectivity index (χ0) is 9.97. The molecule has 14 heavy (non-hydrogen) atoms. The second-order valence-electron chi connectivity index (χ2n) is 3.55. The largest absolute Gasteiger partial charge is 0.477 e. The summed E-state index contributed by atoms with van der Waals surface area (Å²) in [7, 11) is 0. The van der Waals surface area contributed by atoms with E-state index in [9.17, 15) is 4.79 Å². The van der Waals surface area contributed by atoms with Crippen LogP contribution in [0.25, 0.3) is 0 Å². The molecule has 0 aliphatic carbocycles. The fourth-order valence-corrected chi connectivity index (χ4v) is 2.75. The van der Waals surface area contributed by atoms with Crippen LogP contribution in [0.15, 0.2) is 11.4 Å². The molecule has 1 aliphatic heterocycles. The van der Waals surface area contributed by atoms with Crippen molar-refractivity contribution in [2.45, 2.75) is 18.8 Å². The van der Waals surface area contributed by atoms with E-state index in [4.69, 9.17) is 5.11 Å². The number of aromatic carboxylic acids is 1. The standard InChI is InChI=1S/C10H13NO2S/c12-10(13)9-8(3-5-14-9)7-2-1-4-11-6-7/h3,5,7,11H,1-2,4,6H2,(H,12,13). The Bertz CT molecular complexity index is 329. The Labute approximate surface area is 86.8 Å². The summed E-state index contributed by atoms with van der Waals surface area (Å²) in [6.07, 6.45) is 2.24. The lowest BCUT2D eigenvalue weighted by molar-refractivity contribution is 0.0700. The molecular weight excluding hydrogens is 198 g/mol. The summed E-state index contributed by atoms with van der Waals surface area (Å²) in [5.41, 5.74) is 1.01. The second-order valence-corrected chi connectivity index (χ2v) is 4.47. The third-order valence-electron chi connectivity index (χ3n) is 2.63. The molecule has 1 aromatic heterocycles. The van der Waals surface area contributed by atoms with Crippen LogP contribution in [0.1, 0.15) is 34.0 Å². The highest BCUT2D eigenvalue weighted by atomic mass is 32.1. The van der Waals surface area contributed by atoms with Gasteiger partial charge in [0.05, 0.1) is 0 Å². The van der Waals surface area contributed by atoms with E-state index in [1.807, 2.05) is 11.4 Å². The average molecular weight is 211 g/mol. The Kier molecular flexibility index (Phi) is 2.84. The van der Waals surface area contributed by atoms with Gasteiger partial charge in [-0.15, -0.1) is 11.3 Å². The molecule has 1 atom stereocenters. The molecule has 4 heteroatoms. The summed E-state index contributed by atoms with van der Waals surface area (Å²) >= 11 is 1.32. The third-order valence-corrected chi connectivity index (χ3v) is 3.54. The summed E-state index contributed by atoms with van der Waals surface area (Å²) in [5, 5.41) is 14.1. The number of carboxylic acid groups (broad SMARTS) is 1. The van der Waals surface area contributed by atoms with Crippen molar-refractivity contribution < 1.29 is 9.90 Å². The first-order valence-electron chi connectivity index (χ1n) is 4.80. The van der Waals surface area contributed by atoms with Gasteiger partial charge in [0.25, 0.3) is 0 Å². The number of thiophene rings is 1. The summed E-state index contributed by atoms with van der Waals surface area (Å²) < 4.78 is 0. The first kappa shape index (κ1) is 9.68. The first-order chi connectivity index (χ1) is 6.79. The van der Waals surface area contributed by atoms with E-state index >= 15 is 0 Å². The van der Waals surface area contributed by atoms with Crippen LogP contribution in [-0.2, 0) is 0 Å². The van der Waals surface area contributed by atoms with Gasteiger partial charge in [0.2, 0.25) is 0 Å². The van der Waals surface area contributed by atoms with E-state index in [2.05, 4.69) is 5.32 Å². The predicted molar refractivity (Wildman–Crippen MR) is 56.1 cm³/mol. The Morgan fingerprint density at radius 2 is 2.50 bits per heavy atom. The van der Waals surface area contributed by atoms with Crippen molar-refractivity contribution in [3.05, 3.63) is 21.9 Å². The molecule has 0 bridgehead atoms. The Morgan fingerprint density at radius 3 is 3.14 bits per heavy atom. The number of hydrogen-bond acceptors (Lipinski definition) is 3. The minimum atomic E-state index is -0.791. The lowest BCUT2D eigenvalue weighted by Crippen LogP contribution is -2.28. The second kappa shape index (κ2) is 4.11. The number of carboxylic acids is 1. The van der Waals surface area contributed by atoms with Gasteiger partial charge in [0.1, 0.15) is 4.88 Å². The van der Waals surface area contributed by atoms with Gasteiger partial charge in [0.15, 0.2) is 0 Å². The van der Waals surface area contributed by atoms with E-state index < -0.39 is 5.97 Å². The minimum absolute atomic E-state index is 0.390. The monoisotopic (exact) mass is 211 g/mol. The molecule has 1 fully saturated rings. The number of nitrogens with one attached hydrogen (secondary N) is 1. The van der Waals surface area contributed by atoms with Crippen LogP contribution >= 0.6 is 11.3 Å². The number of carbonyl (C=O) groups is 1. The Morgan fingerprint density at radius 1 is 1.64 bits per heavy atom. The SMILES string of the molecule is O=C(O)c1sccc1C1CCCNC1. The van der Waals surface area contributed by atoms with Crippen molar-refractivity contribution in [3.8, 4) is 0 Å². The molecule has 1 saturated heterocycles. The van der Waals surface area contributed by atoms with Crippen molar-refractivity contribution in [1.82, 2.24) is 5.32 Å². The predicted octanol–water partition coefficient (Wildman–Crippen LogP) is 1.91. The van der Waals surface area contributed by atoms with Crippen LogP contribution in [0.4, 0.5) is 0 Å². The van der Waals surface area contributed by atoms with Crippen LogP contribution in [0.5, 0.6) is 0 Å². The van der Waals surface area contributed by atoms with Gasteiger partial charge in [-0.2, -0.15) is 0 Å². The highest BCUT2D eigenvalue weighted by Crippen LogP contribution is 2.29. The van der Waals surface area contributed by atoms with E-state index in [1.54, 1.807) is 0 Å². The number of rotatable bonds is 2. The molecular formula is C10H13NO2S. The summed E-state index contributed by atoms with van der Waals surface area (Å²) in [6, 6.07) is 1.95. The lowest BCUT2D eigenvalue weighted by Gasteiger charge is -2.22. The minimum Gasteiger partial charge on any atom is -0.477 e. The zero-order valence-corrected chi connectivity index (χ0v) is 8.64. The average Bonchev–Trinajstić information content (AvgIpc) is 2.67. The maximum absolute atomic E-state index is 10.9. The van der Waals surface area contributed by atoms with Gasteiger partial charge < -0.3 is 10.4 Å². The van der Waals surface area contributed by atoms with Gasteiger partial charge in [-0.25, -0.2) is 4.79 Å². The van der Waals surface area contributed by atoms with E-state index in [-0.39, 0.29) is 0 Å². The molecule has 1 aromatic rings. The van der Waals surface area contributed by atoms with Crippen LogP contribution in [0.2, 0.25) is 0 Å². The van der Waals surface area contributed by atoms with Crippen LogP contribution in [0, 0.1) is 0 Å². The molecule has 0 aromatic carbocycles. The number of hydrogen-bond donors (Lipinski definition) is 2. The zero-order valence-electron chi connectivity index (χ0n) is 7.82. The molecule has 2 heterocycles. The highest BCUT2D eigenvalue weighted by Gasteiger charge is 2.21. The molecule has 1 aliphatic rings. The number of piperidine rings is 1. The Balaban J connectivity index is 2.21. The molecule has 0 amide bonds. The fourth-order valence-electron chi connectivity index (χ4n) is 1.93. The highest BCUT2D eigenvalue weighted by molar-refractivity contribution is 7.12. The van der Waals surface area contributed by atoms with E-state index in [0.717, 1.165) is 31.5 Å². The molecule has 1 unspecified atom stereocenters. The van der Waals surface area contributed by atoms with Gasteiger partial charge in [-0.1, -0.05) is 0 Å². The van der Waals surface area contributed by atoms with E-state index in [0.29, 0.717) is 10.8 Å². The smallest absolute Gasteiger partial charge is 0.346 e. The van der Waals surface area contributed by atoms with Crippen molar-refractivity contribution in [2.75, 3.05) is 13.1 Å². The summed E-state index contributed by atoms with van der Waals surface area (Å²) in [5.74, 6) is -0.401. The van der Waals surface area contributed by atoms with Gasteiger partial charge >= 0.3 is 5.97 Å². The van der Waals surface area contributed by atoms with Gasteiger partial charge in [0, 0.05) is 6.54 Å². The third kappa shape index (κ3) is 1.81. The lowest BCUT2D eigenvalue weighted by atomic mass is 9.92. The van der Waals surface area contributed by atoms with Crippen molar-refractivity contribution in [3.63, 3.8) is 0 Å². The maximum atomic E-state index is 10.9. The summed E-state index contributed by atoms with van der Waals surface area (Å²) in [6.45, 7) is 1.97. The molecule has 2 rings (SSSR count). The van der Waals surface area contributed by atoms with Gasteiger partial charge in [-0.05, 0) is 42.3 Å². The fraction of sp³-hybridized carbons (Fsp3) is 0.500. The van der Waals surface area contributed by atoms with Crippen LogP contribution in [0.3, 0.4) is 0 Å². The van der Waals surface area contributed by atoms with E-state index in [1.165, 1.54) is 11.3 Å². The molecule has 2 N–H and O–H groups in total. The maximum Gasteiger partial charge on any atom is 0.346 e. The molecule has 3 nitrogen and oxygen atoms in total. The van der Waals surface area contributed by atoms with Crippen LogP contribution < -0.4 is 5.32 Å². The molecule has 0 spiro atoms.